The monoisotopic (exact) mass is 266 g/mol. The Morgan fingerprint density at radius 3 is 2.79 bits per heavy atom. The molecule has 0 atom stereocenters. The summed E-state index contributed by atoms with van der Waals surface area (Å²) in [5.41, 5.74) is 0. The number of nitrogens with one attached hydrogen (secondary N) is 2. The second-order valence-electron chi connectivity index (χ2n) is 4.46. The van der Waals surface area contributed by atoms with E-state index in [0.29, 0.717) is 23.5 Å². The van der Waals surface area contributed by atoms with Crippen molar-refractivity contribution in [3.63, 3.8) is 0 Å². The molecule has 7 nitrogen and oxygen atoms in total. The molecule has 0 bridgehead atoms. The molecule has 3 N–H and O–H groups in total. The Morgan fingerprint density at radius 2 is 2.11 bits per heavy atom. The number of rotatable bonds is 5. The van der Waals surface area contributed by atoms with Gasteiger partial charge in [-0.05, 0) is 19.8 Å². The zero-order valence-corrected chi connectivity index (χ0v) is 10.8. The van der Waals surface area contributed by atoms with Gasteiger partial charge in [0.25, 0.3) is 0 Å². The second-order valence-corrected chi connectivity index (χ2v) is 4.46. The largest absolute Gasteiger partial charge is 0.480 e. The molecule has 1 aromatic rings. The SMILES string of the molecule is Cc1nc(NCC(=O)O)cc(NC2CCOCC2)n1. The number of carboxylic acid groups (broad SMARTS) is 1. The number of nitrogens with zero attached hydrogens (tertiary/aromatic N) is 2. The topological polar surface area (TPSA) is 96.4 Å². The molecule has 0 unspecified atom stereocenters. The predicted octanol–water partition coefficient (Wildman–Crippen LogP) is 0.872. The minimum absolute atomic E-state index is 0.160. The van der Waals surface area contributed by atoms with Gasteiger partial charge in [0, 0.05) is 25.3 Å². The quantitative estimate of drug-likeness (QED) is 0.727. The number of aliphatic carboxylic acids is 1. The molecule has 0 radical (unpaired) electrons. The Balaban J connectivity index is 2.00. The van der Waals surface area contributed by atoms with Crippen LogP contribution in [0, 0.1) is 6.92 Å². The zero-order valence-electron chi connectivity index (χ0n) is 10.8. The summed E-state index contributed by atoms with van der Waals surface area (Å²) in [6.07, 6.45) is 1.89. The Hall–Kier alpha value is -1.89. The van der Waals surface area contributed by atoms with Gasteiger partial charge in [-0.2, -0.15) is 0 Å². The van der Waals surface area contributed by atoms with E-state index in [4.69, 9.17) is 9.84 Å². The van der Waals surface area contributed by atoms with E-state index >= 15 is 0 Å². The summed E-state index contributed by atoms with van der Waals surface area (Å²) >= 11 is 0. The molecule has 1 fully saturated rings. The lowest BCUT2D eigenvalue weighted by molar-refractivity contribution is -0.134. The summed E-state index contributed by atoms with van der Waals surface area (Å²) in [7, 11) is 0. The number of carboxylic acids is 1. The molecule has 0 aromatic carbocycles. The van der Waals surface area contributed by atoms with Crippen molar-refractivity contribution in [3.05, 3.63) is 11.9 Å². The van der Waals surface area contributed by atoms with Gasteiger partial charge in [0.2, 0.25) is 0 Å². The van der Waals surface area contributed by atoms with Gasteiger partial charge in [0.15, 0.2) is 0 Å². The van der Waals surface area contributed by atoms with E-state index in [1.807, 2.05) is 0 Å². The van der Waals surface area contributed by atoms with Crippen molar-refractivity contribution in [2.45, 2.75) is 25.8 Å². The van der Waals surface area contributed by atoms with Gasteiger partial charge in [-0.25, -0.2) is 9.97 Å². The fraction of sp³-hybridized carbons (Fsp3) is 0.583. The summed E-state index contributed by atoms with van der Waals surface area (Å²) in [6.45, 7) is 3.13. The second kappa shape index (κ2) is 6.33. The minimum atomic E-state index is -0.921. The molecule has 2 heterocycles. The van der Waals surface area contributed by atoms with Crippen LogP contribution in [0.2, 0.25) is 0 Å². The summed E-state index contributed by atoms with van der Waals surface area (Å²) in [6, 6.07) is 2.07. The van der Waals surface area contributed by atoms with Crippen LogP contribution in [-0.2, 0) is 9.53 Å². The molecular formula is C12H18N4O3. The zero-order chi connectivity index (χ0) is 13.7. The average Bonchev–Trinajstić information content (AvgIpc) is 2.37. The van der Waals surface area contributed by atoms with Gasteiger partial charge in [-0.1, -0.05) is 0 Å². The Morgan fingerprint density at radius 1 is 1.42 bits per heavy atom. The van der Waals surface area contributed by atoms with E-state index in [1.165, 1.54) is 0 Å². The third-order valence-corrected chi connectivity index (χ3v) is 2.83. The predicted molar refractivity (Wildman–Crippen MR) is 70.4 cm³/mol. The average molecular weight is 266 g/mol. The van der Waals surface area contributed by atoms with Crippen LogP contribution in [0.25, 0.3) is 0 Å². The molecular weight excluding hydrogens is 248 g/mol. The van der Waals surface area contributed by atoms with Gasteiger partial charge < -0.3 is 20.5 Å². The van der Waals surface area contributed by atoms with Gasteiger partial charge >= 0.3 is 5.97 Å². The highest BCUT2D eigenvalue weighted by atomic mass is 16.5. The molecule has 104 valence electrons. The fourth-order valence-corrected chi connectivity index (χ4v) is 1.95. The van der Waals surface area contributed by atoms with Crippen LogP contribution in [0.4, 0.5) is 11.6 Å². The van der Waals surface area contributed by atoms with E-state index in [1.54, 1.807) is 13.0 Å². The number of hydrogen-bond acceptors (Lipinski definition) is 6. The summed E-state index contributed by atoms with van der Waals surface area (Å²) in [5.74, 6) is 0.914. The molecule has 1 aromatic heterocycles. The molecule has 2 rings (SSSR count). The van der Waals surface area contributed by atoms with Crippen LogP contribution in [0.5, 0.6) is 0 Å². The van der Waals surface area contributed by atoms with Crippen molar-refractivity contribution in [1.82, 2.24) is 9.97 Å². The van der Waals surface area contributed by atoms with Crippen molar-refractivity contribution >= 4 is 17.6 Å². The van der Waals surface area contributed by atoms with Crippen molar-refractivity contribution in [2.24, 2.45) is 0 Å². The van der Waals surface area contributed by atoms with E-state index in [2.05, 4.69) is 20.6 Å². The molecule has 0 saturated carbocycles. The lowest BCUT2D eigenvalue weighted by atomic mass is 10.1. The number of ether oxygens (including phenoxy) is 1. The van der Waals surface area contributed by atoms with Crippen molar-refractivity contribution < 1.29 is 14.6 Å². The summed E-state index contributed by atoms with van der Waals surface area (Å²) in [5, 5.41) is 14.7. The van der Waals surface area contributed by atoms with Crippen LogP contribution in [0.15, 0.2) is 6.07 Å². The maximum atomic E-state index is 10.5. The highest BCUT2D eigenvalue weighted by Gasteiger charge is 2.14. The van der Waals surface area contributed by atoms with Crippen molar-refractivity contribution in [3.8, 4) is 0 Å². The fourth-order valence-electron chi connectivity index (χ4n) is 1.95. The third kappa shape index (κ3) is 4.36. The summed E-state index contributed by atoms with van der Waals surface area (Å²) in [4.78, 5) is 19.0. The van der Waals surface area contributed by atoms with Gasteiger partial charge in [-0.15, -0.1) is 0 Å². The summed E-state index contributed by atoms with van der Waals surface area (Å²) < 4.78 is 5.30. The Bertz CT molecular complexity index is 447. The third-order valence-electron chi connectivity index (χ3n) is 2.83. The molecule has 0 aliphatic carbocycles. The maximum Gasteiger partial charge on any atom is 0.322 e. The molecule has 19 heavy (non-hydrogen) atoms. The number of hydrogen-bond donors (Lipinski definition) is 3. The Labute approximate surface area is 111 Å². The first-order valence-corrected chi connectivity index (χ1v) is 6.29. The standard InChI is InChI=1S/C12H18N4O3/c1-8-14-10(13-7-12(17)18)6-11(15-8)16-9-2-4-19-5-3-9/h6,9H,2-5,7H2,1H3,(H,17,18)(H2,13,14,15,16). The van der Waals surface area contributed by atoms with Gasteiger partial charge in [0.05, 0.1) is 0 Å². The maximum absolute atomic E-state index is 10.5. The van der Waals surface area contributed by atoms with E-state index < -0.39 is 5.97 Å². The lowest BCUT2D eigenvalue weighted by Crippen LogP contribution is -2.28. The molecule has 1 aliphatic heterocycles. The van der Waals surface area contributed by atoms with Gasteiger partial charge in [-0.3, -0.25) is 4.79 Å². The first-order valence-electron chi connectivity index (χ1n) is 6.29. The number of carbonyl (C=O) groups is 1. The molecule has 0 spiro atoms. The number of anilines is 2. The van der Waals surface area contributed by atoms with Crippen LogP contribution < -0.4 is 10.6 Å². The molecule has 1 aliphatic rings. The highest BCUT2D eigenvalue weighted by Crippen LogP contribution is 2.16. The molecule has 7 heteroatoms. The molecule has 1 saturated heterocycles. The highest BCUT2D eigenvalue weighted by molar-refractivity contribution is 5.72. The van der Waals surface area contributed by atoms with E-state index in [-0.39, 0.29) is 6.54 Å². The first-order chi connectivity index (χ1) is 9.13. The molecule has 0 amide bonds. The van der Waals surface area contributed by atoms with Crippen molar-refractivity contribution in [1.29, 1.82) is 0 Å². The van der Waals surface area contributed by atoms with Crippen LogP contribution in [-0.4, -0.2) is 46.8 Å². The first kappa shape index (κ1) is 13.5. The lowest BCUT2D eigenvalue weighted by Gasteiger charge is -2.23. The van der Waals surface area contributed by atoms with Crippen LogP contribution in [0.1, 0.15) is 18.7 Å². The Kier molecular flexibility index (Phi) is 4.51. The number of aryl methyl sites for hydroxylation is 1. The van der Waals surface area contributed by atoms with Gasteiger partial charge in [0.1, 0.15) is 24.0 Å². The number of aromatic nitrogens is 2. The smallest absolute Gasteiger partial charge is 0.322 e. The van der Waals surface area contributed by atoms with E-state index in [9.17, 15) is 4.79 Å². The van der Waals surface area contributed by atoms with E-state index in [0.717, 1.165) is 26.1 Å². The minimum Gasteiger partial charge on any atom is -0.480 e. The van der Waals surface area contributed by atoms with Crippen molar-refractivity contribution in [2.75, 3.05) is 30.4 Å². The normalized spacial score (nSPS) is 16.1. The van der Waals surface area contributed by atoms with Crippen LogP contribution in [0.3, 0.4) is 0 Å². The van der Waals surface area contributed by atoms with Crippen LogP contribution >= 0.6 is 0 Å².